The lowest BCUT2D eigenvalue weighted by atomic mass is 9.99. The van der Waals surface area contributed by atoms with Crippen LogP contribution in [0.25, 0.3) is 0 Å². The first-order chi connectivity index (χ1) is 14.7. The number of anilines is 1. The van der Waals surface area contributed by atoms with E-state index >= 15 is 0 Å². The molecular weight excluding hydrogens is 455 g/mol. The number of hydrogen-bond acceptors (Lipinski definition) is 3. The normalized spacial score (nSPS) is 12.4. The number of unbranched alkanes of at least 4 members (excludes halogenated alkanes) is 1. The van der Waals surface area contributed by atoms with E-state index in [9.17, 15) is 13.2 Å². The minimum absolute atomic E-state index is 0.0791. The predicted molar refractivity (Wildman–Crippen MR) is 130 cm³/mol. The highest BCUT2D eigenvalue weighted by molar-refractivity contribution is 7.92. The van der Waals surface area contributed by atoms with E-state index in [0.29, 0.717) is 23.7 Å². The molecule has 5 nitrogen and oxygen atoms in total. The fourth-order valence-corrected chi connectivity index (χ4v) is 4.62. The fourth-order valence-electron chi connectivity index (χ4n) is 3.28. The molecule has 0 bridgehead atoms. The van der Waals surface area contributed by atoms with Crippen molar-refractivity contribution < 1.29 is 13.2 Å². The second kappa shape index (κ2) is 11.7. The second-order valence-corrected chi connectivity index (χ2v) is 10.4. The Morgan fingerprint density at radius 1 is 1.10 bits per heavy atom. The van der Waals surface area contributed by atoms with Crippen LogP contribution in [-0.4, -0.2) is 27.1 Å². The van der Waals surface area contributed by atoms with Gasteiger partial charge < -0.3 is 5.32 Å². The molecular formula is C23H30Cl2N2O3S. The number of carbonyl (C=O) groups excluding carboxylic acids is 1. The van der Waals surface area contributed by atoms with Crippen molar-refractivity contribution in [1.82, 2.24) is 5.32 Å². The fraction of sp³-hybridized carbons (Fsp3) is 0.435. The maximum absolute atomic E-state index is 12.5. The van der Waals surface area contributed by atoms with E-state index in [1.54, 1.807) is 42.5 Å². The van der Waals surface area contributed by atoms with Gasteiger partial charge >= 0.3 is 0 Å². The van der Waals surface area contributed by atoms with Crippen LogP contribution in [0.2, 0.25) is 10.0 Å². The number of carbonyl (C=O) groups is 1. The molecule has 0 aromatic heterocycles. The zero-order valence-electron chi connectivity index (χ0n) is 18.2. The van der Waals surface area contributed by atoms with Crippen LogP contribution in [-0.2, 0) is 16.6 Å². The number of hydrogen-bond donors (Lipinski definition) is 1. The first-order valence-corrected chi connectivity index (χ1v) is 13.1. The summed E-state index contributed by atoms with van der Waals surface area (Å²) in [5, 5.41) is 3.47. The third-order valence-corrected chi connectivity index (χ3v) is 7.17. The maximum Gasteiger partial charge on any atom is 0.251 e. The molecule has 170 valence electrons. The lowest BCUT2D eigenvalue weighted by Gasteiger charge is -2.24. The van der Waals surface area contributed by atoms with Crippen LogP contribution in [0.3, 0.4) is 0 Å². The molecule has 0 unspecified atom stereocenters. The first kappa shape index (κ1) is 25.5. The van der Waals surface area contributed by atoms with Gasteiger partial charge in [0.1, 0.15) is 0 Å². The Kier molecular flexibility index (Phi) is 9.66. The van der Waals surface area contributed by atoms with Gasteiger partial charge in [-0.25, -0.2) is 8.42 Å². The predicted octanol–water partition coefficient (Wildman–Crippen LogP) is 5.91. The van der Waals surface area contributed by atoms with Crippen LogP contribution in [0.15, 0.2) is 42.5 Å². The molecule has 0 aliphatic heterocycles. The summed E-state index contributed by atoms with van der Waals surface area (Å²) < 4.78 is 26.0. The second-order valence-electron chi connectivity index (χ2n) is 7.67. The van der Waals surface area contributed by atoms with Gasteiger partial charge in [-0.2, -0.15) is 0 Å². The van der Waals surface area contributed by atoms with Crippen LogP contribution in [0.5, 0.6) is 0 Å². The zero-order valence-corrected chi connectivity index (χ0v) is 20.5. The summed E-state index contributed by atoms with van der Waals surface area (Å²) in [6, 6.07) is 11.8. The molecule has 2 aromatic rings. The maximum atomic E-state index is 12.5. The Hall–Kier alpha value is -1.76. The van der Waals surface area contributed by atoms with Gasteiger partial charge in [0.05, 0.1) is 28.5 Å². The van der Waals surface area contributed by atoms with Gasteiger partial charge in [-0.1, -0.05) is 74.5 Å². The molecule has 31 heavy (non-hydrogen) atoms. The van der Waals surface area contributed by atoms with Gasteiger partial charge in [0.15, 0.2) is 0 Å². The van der Waals surface area contributed by atoms with Crippen molar-refractivity contribution in [1.29, 1.82) is 0 Å². The third kappa shape index (κ3) is 7.41. The molecule has 0 aliphatic carbocycles. The number of rotatable bonds is 11. The molecule has 0 heterocycles. The van der Waals surface area contributed by atoms with Crippen LogP contribution >= 0.6 is 23.2 Å². The zero-order chi connectivity index (χ0) is 23.0. The molecule has 0 radical (unpaired) electrons. The number of sulfonamides is 1. The van der Waals surface area contributed by atoms with Gasteiger partial charge in [-0.15, -0.1) is 0 Å². The highest BCUT2D eigenvalue weighted by atomic mass is 35.5. The van der Waals surface area contributed by atoms with Gasteiger partial charge in [-0.3, -0.25) is 9.10 Å². The monoisotopic (exact) mass is 484 g/mol. The number of nitrogens with zero attached hydrogens (tertiary/aromatic N) is 1. The highest BCUT2D eigenvalue weighted by Gasteiger charge is 2.21. The Morgan fingerprint density at radius 2 is 1.77 bits per heavy atom. The minimum atomic E-state index is -3.60. The van der Waals surface area contributed by atoms with Crippen molar-refractivity contribution in [2.24, 2.45) is 5.92 Å². The summed E-state index contributed by atoms with van der Waals surface area (Å²) in [6.07, 6.45) is 5.58. The van der Waals surface area contributed by atoms with E-state index in [2.05, 4.69) is 19.2 Å². The van der Waals surface area contributed by atoms with E-state index in [1.165, 1.54) is 4.31 Å². The van der Waals surface area contributed by atoms with Gasteiger partial charge in [0.2, 0.25) is 10.0 Å². The van der Waals surface area contributed by atoms with Crippen molar-refractivity contribution in [3.63, 3.8) is 0 Å². The number of nitrogens with one attached hydrogen (secondary N) is 1. The van der Waals surface area contributed by atoms with E-state index in [4.69, 9.17) is 23.2 Å². The van der Waals surface area contributed by atoms with Gasteiger partial charge in [0, 0.05) is 12.1 Å². The Morgan fingerprint density at radius 3 is 2.35 bits per heavy atom. The van der Waals surface area contributed by atoms with Crippen LogP contribution in [0.1, 0.15) is 55.5 Å². The van der Waals surface area contributed by atoms with Crippen LogP contribution < -0.4 is 9.62 Å². The van der Waals surface area contributed by atoms with Crippen molar-refractivity contribution in [3.8, 4) is 0 Å². The lowest BCUT2D eigenvalue weighted by Crippen LogP contribution is -2.30. The molecule has 0 saturated heterocycles. The molecule has 0 aliphatic rings. The number of amides is 1. The Balaban J connectivity index is 2.11. The molecule has 0 saturated carbocycles. The van der Waals surface area contributed by atoms with E-state index < -0.39 is 10.0 Å². The third-order valence-electron chi connectivity index (χ3n) is 5.24. The highest BCUT2D eigenvalue weighted by Crippen LogP contribution is 2.34. The summed E-state index contributed by atoms with van der Waals surface area (Å²) >= 11 is 12.3. The summed E-state index contributed by atoms with van der Waals surface area (Å²) in [4.78, 5) is 12.5. The summed E-state index contributed by atoms with van der Waals surface area (Å²) in [7, 11) is -3.60. The average Bonchev–Trinajstić information content (AvgIpc) is 2.74. The van der Waals surface area contributed by atoms with Gasteiger partial charge in [-0.05, 0) is 42.2 Å². The SMILES string of the molecule is CCCC[C@@H](CC)CNC(=O)c1ccc(CN(c2cccc(Cl)c2Cl)S(C)(=O)=O)cc1. The van der Waals surface area contributed by atoms with Crippen molar-refractivity contribution in [3.05, 3.63) is 63.6 Å². The van der Waals surface area contributed by atoms with Crippen LogP contribution in [0.4, 0.5) is 5.69 Å². The largest absolute Gasteiger partial charge is 0.352 e. The topological polar surface area (TPSA) is 66.5 Å². The summed E-state index contributed by atoms with van der Waals surface area (Å²) in [6.45, 7) is 5.04. The van der Waals surface area contributed by atoms with E-state index in [0.717, 1.165) is 37.5 Å². The summed E-state index contributed by atoms with van der Waals surface area (Å²) in [5.74, 6) is 0.355. The molecule has 1 N–H and O–H groups in total. The number of benzene rings is 2. The standard InChI is InChI=1S/C23H30Cl2N2O3S/c1-4-6-8-17(5-2)15-26-23(28)19-13-11-18(12-14-19)16-27(31(3,29)30)21-10-7-9-20(24)22(21)25/h7,9-14,17H,4-6,8,15-16H2,1-3H3,(H,26,28)/t17-/m1/s1. The van der Waals surface area contributed by atoms with Gasteiger partial charge in [0.25, 0.3) is 5.91 Å². The van der Waals surface area contributed by atoms with Crippen molar-refractivity contribution >= 4 is 44.8 Å². The molecule has 2 aromatic carbocycles. The van der Waals surface area contributed by atoms with E-state index in [-0.39, 0.29) is 22.5 Å². The quantitative estimate of drug-likeness (QED) is 0.431. The molecule has 1 amide bonds. The van der Waals surface area contributed by atoms with Crippen molar-refractivity contribution in [2.75, 3.05) is 17.1 Å². The molecule has 1 atom stereocenters. The average molecular weight is 485 g/mol. The van der Waals surface area contributed by atoms with Crippen LogP contribution in [0, 0.1) is 5.92 Å². The van der Waals surface area contributed by atoms with E-state index in [1.807, 2.05) is 0 Å². The first-order valence-electron chi connectivity index (χ1n) is 10.5. The number of halogens is 2. The summed E-state index contributed by atoms with van der Waals surface area (Å²) in [5.41, 5.74) is 1.59. The molecule has 0 spiro atoms. The Labute approximate surface area is 195 Å². The lowest BCUT2D eigenvalue weighted by molar-refractivity contribution is 0.0946. The molecule has 2 rings (SSSR count). The molecule has 0 fully saturated rings. The molecule has 8 heteroatoms. The Bertz CT molecular complexity index is 979. The minimum Gasteiger partial charge on any atom is -0.352 e. The smallest absolute Gasteiger partial charge is 0.251 e. The van der Waals surface area contributed by atoms with Crippen molar-refractivity contribution in [2.45, 2.75) is 46.1 Å².